The summed E-state index contributed by atoms with van der Waals surface area (Å²) >= 11 is 0. The summed E-state index contributed by atoms with van der Waals surface area (Å²) in [6.07, 6.45) is 1.18. The number of hydrogen-bond donors (Lipinski definition) is 2. The third kappa shape index (κ3) is 4.81. The molecule has 1 aromatic carbocycles. The summed E-state index contributed by atoms with van der Waals surface area (Å²) in [6.45, 7) is 2.50. The van der Waals surface area contributed by atoms with Crippen LogP contribution in [0.2, 0.25) is 0 Å². The van der Waals surface area contributed by atoms with Crippen molar-refractivity contribution in [3.8, 4) is 6.07 Å². The Morgan fingerprint density at radius 2 is 2.00 bits per heavy atom. The zero-order valence-corrected chi connectivity index (χ0v) is 13.5. The second-order valence-electron chi connectivity index (χ2n) is 5.73. The summed E-state index contributed by atoms with van der Waals surface area (Å²) in [5, 5.41) is 14.0. The number of benzene rings is 1. The highest BCUT2D eigenvalue weighted by Crippen LogP contribution is 2.17. The molecule has 0 radical (unpaired) electrons. The number of carbonyl (C=O) groups excluding carboxylic acids is 3. The lowest BCUT2D eigenvalue weighted by atomic mass is 10.0. The molecule has 1 aromatic rings. The second kappa shape index (κ2) is 8.11. The number of rotatable bonds is 4. The van der Waals surface area contributed by atoms with Crippen LogP contribution in [0, 0.1) is 11.3 Å². The third-order valence-corrected chi connectivity index (χ3v) is 3.82. The van der Waals surface area contributed by atoms with Crippen molar-refractivity contribution in [2.45, 2.75) is 32.2 Å². The van der Waals surface area contributed by atoms with Gasteiger partial charge < -0.3 is 15.5 Å². The Morgan fingerprint density at radius 3 is 2.62 bits per heavy atom. The first-order chi connectivity index (χ1) is 11.5. The largest absolute Gasteiger partial charge is 0.352 e. The highest BCUT2D eigenvalue weighted by Gasteiger charge is 2.24. The van der Waals surface area contributed by atoms with Gasteiger partial charge in [-0.1, -0.05) is 6.07 Å². The molecule has 126 valence electrons. The molecule has 1 aliphatic rings. The van der Waals surface area contributed by atoms with Gasteiger partial charge in [-0.05, 0) is 31.0 Å². The van der Waals surface area contributed by atoms with E-state index in [9.17, 15) is 14.4 Å². The molecule has 0 unspecified atom stereocenters. The molecule has 1 aliphatic heterocycles. The first kappa shape index (κ1) is 17.5. The monoisotopic (exact) mass is 328 g/mol. The lowest BCUT2D eigenvalue weighted by Crippen LogP contribution is -2.46. The first-order valence-corrected chi connectivity index (χ1v) is 7.83. The summed E-state index contributed by atoms with van der Waals surface area (Å²) in [6, 6.07) is 8.65. The van der Waals surface area contributed by atoms with Crippen molar-refractivity contribution in [1.29, 1.82) is 5.26 Å². The van der Waals surface area contributed by atoms with Gasteiger partial charge in [0, 0.05) is 37.3 Å². The normalized spacial score (nSPS) is 14.6. The smallest absolute Gasteiger partial charge is 0.253 e. The zero-order chi connectivity index (χ0) is 17.5. The van der Waals surface area contributed by atoms with Crippen molar-refractivity contribution < 1.29 is 14.4 Å². The predicted molar refractivity (Wildman–Crippen MR) is 88.0 cm³/mol. The molecule has 0 aromatic heterocycles. The third-order valence-electron chi connectivity index (χ3n) is 3.82. The van der Waals surface area contributed by atoms with Gasteiger partial charge in [0.1, 0.15) is 6.42 Å². The fourth-order valence-corrected chi connectivity index (χ4v) is 2.69. The maximum absolute atomic E-state index is 12.6. The van der Waals surface area contributed by atoms with Crippen molar-refractivity contribution in [2.75, 3.05) is 18.4 Å². The Morgan fingerprint density at radius 1 is 1.29 bits per heavy atom. The number of piperidine rings is 1. The molecule has 2 N–H and O–H groups in total. The quantitative estimate of drug-likeness (QED) is 0.869. The first-order valence-electron chi connectivity index (χ1n) is 7.83. The van der Waals surface area contributed by atoms with Crippen molar-refractivity contribution in [2.24, 2.45) is 0 Å². The average molecular weight is 328 g/mol. The van der Waals surface area contributed by atoms with Gasteiger partial charge in [0.05, 0.1) is 6.07 Å². The van der Waals surface area contributed by atoms with Crippen LogP contribution in [0.5, 0.6) is 0 Å². The number of carbonyl (C=O) groups is 3. The van der Waals surface area contributed by atoms with E-state index in [1.165, 1.54) is 6.92 Å². The minimum Gasteiger partial charge on any atom is -0.352 e. The van der Waals surface area contributed by atoms with Crippen LogP contribution in [0.1, 0.15) is 36.5 Å². The summed E-state index contributed by atoms with van der Waals surface area (Å²) in [7, 11) is 0. The highest BCUT2D eigenvalue weighted by molar-refractivity contribution is 5.96. The van der Waals surface area contributed by atoms with Crippen LogP contribution in [-0.4, -0.2) is 41.8 Å². The summed E-state index contributed by atoms with van der Waals surface area (Å²) < 4.78 is 0. The molecule has 1 fully saturated rings. The number of nitrogens with one attached hydrogen (secondary N) is 2. The Kier molecular flexibility index (Phi) is 5.90. The van der Waals surface area contributed by atoms with Gasteiger partial charge in [-0.2, -0.15) is 5.26 Å². The predicted octanol–water partition coefficient (Wildman–Crippen LogP) is 1.28. The minimum absolute atomic E-state index is 0.000568. The molecule has 7 nitrogen and oxygen atoms in total. The van der Waals surface area contributed by atoms with Gasteiger partial charge >= 0.3 is 0 Å². The number of likely N-dealkylation sites (tertiary alicyclic amines) is 1. The molecule has 2 rings (SSSR count). The van der Waals surface area contributed by atoms with Crippen LogP contribution in [0.4, 0.5) is 5.69 Å². The molecule has 0 aliphatic carbocycles. The van der Waals surface area contributed by atoms with E-state index >= 15 is 0 Å². The van der Waals surface area contributed by atoms with Gasteiger partial charge in [-0.15, -0.1) is 0 Å². The summed E-state index contributed by atoms with van der Waals surface area (Å²) in [4.78, 5) is 36.8. The van der Waals surface area contributed by atoms with Crippen LogP contribution in [0.25, 0.3) is 0 Å². The van der Waals surface area contributed by atoms with Gasteiger partial charge in [-0.3, -0.25) is 14.4 Å². The maximum Gasteiger partial charge on any atom is 0.253 e. The SMILES string of the molecule is CC(=O)Nc1cccc(C(=O)N2CCC(NC(=O)CC#N)CC2)c1. The molecule has 0 saturated carbocycles. The number of anilines is 1. The molecule has 0 bridgehead atoms. The van der Waals surface area contributed by atoms with Crippen molar-refractivity contribution in [1.82, 2.24) is 10.2 Å². The second-order valence-corrected chi connectivity index (χ2v) is 5.73. The summed E-state index contributed by atoms with van der Waals surface area (Å²) in [5.41, 5.74) is 1.11. The van der Waals surface area contributed by atoms with Gasteiger partial charge in [0.15, 0.2) is 0 Å². The standard InChI is InChI=1S/C17H20N4O3/c1-12(22)19-15-4-2-3-13(11-15)17(24)21-9-6-14(7-10-21)20-16(23)5-8-18/h2-4,11,14H,5-7,9-10H2,1H3,(H,19,22)(H,20,23). The number of nitriles is 1. The van der Waals surface area contributed by atoms with Crippen LogP contribution in [0.3, 0.4) is 0 Å². The topological polar surface area (TPSA) is 102 Å². The fraction of sp³-hybridized carbons (Fsp3) is 0.412. The van der Waals surface area contributed by atoms with E-state index in [-0.39, 0.29) is 30.2 Å². The number of amides is 3. The maximum atomic E-state index is 12.6. The van der Waals surface area contributed by atoms with E-state index in [4.69, 9.17) is 5.26 Å². The Hall–Kier alpha value is -2.88. The summed E-state index contributed by atoms with van der Waals surface area (Å²) in [5.74, 6) is -0.553. The molecular formula is C17H20N4O3. The molecule has 1 saturated heterocycles. The van der Waals surface area contributed by atoms with E-state index in [0.717, 1.165) is 0 Å². The van der Waals surface area contributed by atoms with Crippen molar-refractivity contribution >= 4 is 23.4 Å². The van der Waals surface area contributed by atoms with E-state index in [1.54, 1.807) is 29.2 Å². The van der Waals surface area contributed by atoms with Gasteiger partial charge in [0.25, 0.3) is 5.91 Å². The molecule has 0 atom stereocenters. The molecule has 3 amide bonds. The Bertz CT molecular complexity index is 673. The van der Waals surface area contributed by atoms with E-state index in [0.29, 0.717) is 37.2 Å². The Labute approximate surface area is 140 Å². The number of nitrogens with zero attached hydrogens (tertiary/aromatic N) is 2. The van der Waals surface area contributed by atoms with Crippen molar-refractivity contribution in [3.63, 3.8) is 0 Å². The average Bonchev–Trinajstić information content (AvgIpc) is 2.55. The minimum atomic E-state index is -0.273. The Balaban J connectivity index is 1.92. The number of hydrogen-bond acceptors (Lipinski definition) is 4. The van der Waals surface area contributed by atoms with Crippen LogP contribution < -0.4 is 10.6 Å². The van der Waals surface area contributed by atoms with E-state index < -0.39 is 0 Å². The lowest BCUT2D eigenvalue weighted by molar-refractivity contribution is -0.121. The molecule has 7 heteroatoms. The molecular weight excluding hydrogens is 308 g/mol. The van der Waals surface area contributed by atoms with E-state index in [2.05, 4.69) is 10.6 Å². The molecule has 0 spiro atoms. The fourth-order valence-electron chi connectivity index (χ4n) is 2.69. The lowest BCUT2D eigenvalue weighted by Gasteiger charge is -2.32. The van der Waals surface area contributed by atoms with Crippen LogP contribution >= 0.6 is 0 Å². The van der Waals surface area contributed by atoms with Crippen LogP contribution in [-0.2, 0) is 9.59 Å². The molecule has 24 heavy (non-hydrogen) atoms. The van der Waals surface area contributed by atoms with Crippen LogP contribution in [0.15, 0.2) is 24.3 Å². The van der Waals surface area contributed by atoms with Gasteiger partial charge in [-0.25, -0.2) is 0 Å². The zero-order valence-electron chi connectivity index (χ0n) is 13.5. The molecule has 1 heterocycles. The van der Waals surface area contributed by atoms with E-state index in [1.807, 2.05) is 6.07 Å². The van der Waals surface area contributed by atoms with Gasteiger partial charge in [0.2, 0.25) is 11.8 Å². The van der Waals surface area contributed by atoms with Crippen molar-refractivity contribution in [3.05, 3.63) is 29.8 Å². The highest BCUT2D eigenvalue weighted by atomic mass is 16.2.